The van der Waals surface area contributed by atoms with Gasteiger partial charge in [0, 0.05) is 11.9 Å². The molecule has 0 fully saturated rings. The second kappa shape index (κ2) is 8.08. The van der Waals surface area contributed by atoms with Crippen molar-refractivity contribution in [1.82, 2.24) is 10.3 Å². The summed E-state index contributed by atoms with van der Waals surface area (Å²) in [4.78, 5) is 27.7. The van der Waals surface area contributed by atoms with Gasteiger partial charge in [-0.05, 0) is 35.7 Å². The Morgan fingerprint density at radius 2 is 1.78 bits per heavy atom. The van der Waals surface area contributed by atoms with E-state index in [1.54, 1.807) is 6.20 Å². The normalized spacial score (nSPS) is 10.4. The van der Waals surface area contributed by atoms with Crippen molar-refractivity contribution in [2.24, 2.45) is 0 Å². The van der Waals surface area contributed by atoms with Crippen LogP contribution < -0.4 is 10.6 Å². The Morgan fingerprint density at radius 1 is 1.04 bits per heavy atom. The third-order valence-corrected chi connectivity index (χ3v) is 3.38. The molecule has 0 aliphatic rings. The maximum Gasteiger partial charge on any atom is 0.233 e. The molecule has 2 N–H and O–H groups in total. The van der Waals surface area contributed by atoms with Gasteiger partial charge in [-0.3, -0.25) is 14.6 Å². The third-order valence-electron chi connectivity index (χ3n) is 3.38. The van der Waals surface area contributed by atoms with E-state index in [0.29, 0.717) is 18.2 Å². The Kier molecular flexibility index (Phi) is 5.86. The van der Waals surface area contributed by atoms with Crippen molar-refractivity contribution in [3.05, 3.63) is 59.9 Å². The molecule has 0 aliphatic carbocycles. The lowest BCUT2D eigenvalue weighted by Gasteiger charge is -2.09. The Labute approximate surface area is 136 Å². The highest BCUT2D eigenvalue weighted by atomic mass is 16.2. The third kappa shape index (κ3) is 5.54. The molecule has 0 aliphatic heterocycles. The molecule has 0 bridgehead atoms. The molecule has 1 heterocycles. The monoisotopic (exact) mass is 311 g/mol. The highest BCUT2D eigenvalue weighted by Crippen LogP contribution is 2.17. The highest BCUT2D eigenvalue weighted by Gasteiger charge is 2.10. The fourth-order valence-electron chi connectivity index (χ4n) is 2.06. The standard InChI is InChI=1S/C18H21N3O2/c1-13(2)14-6-8-15(9-7-14)21-18(23)11-17(22)20-12-16-5-3-4-10-19-16/h3-10,13H,11-12H2,1-2H3,(H,20,22)(H,21,23). The van der Waals surface area contributed by atoms with Crippen LogP contribution in [-0.2, 0) is 16.1 Å². The molecule has 2 amide bonds. The van der Waals surface area contributed by atoms with Crippen molar-refractivity contribution >= 4 is 17.5 Å². The van der Waals surface area contributed by atoms with Crippen LogP contribution in [0.4, 0.5) is 5.69 Å². The zero-order valence-corrected chi connectivity index (χ0v) is 13.4. The van der Waals surface area contributed by atoms with E-state index in [-0.39, 0.29) is 18.2 Å². The van der Waals surface area contributed by atoms with Crippen LogP contribution in [0, 0.1) is 0 Å². The predicted octanol–water partition coefficient (Wildman–Crippen LogP) is 2.85. The van der Waals surface area contributed by atoms with Gasteiger partial charge in [-0.25, -0.2) is 0 Å². The summed E-state index contributed by atoms with van der Waals surface area (Å²) in [6.45, 7) is 4.54. The Hall–Kier alpha value is -2.69. The van der Waals surface area contributed by atoms with E-state index in [9.17, 15) is 9.59 Å². The van der Waals surface area contributed by atoms with Gasteiger partial charge in [-0.2, -0.15) is 0 Å². The van der Waals surface area contributed by atoms with Gasteiger partial charge in [0.2, 0.25) is 11.8 Å². The number of carbonyl (C=O) groups is 2. The van der Waals surface area contributed by atoms with Gasteiger partial charge < -0.3 is 10.6 Å². The van der Waals surface area contributed by atoms with Crippen LogP contribution in [0.3, 0.4) is 0 Å². The van der Waals surface area contributed by atoms with E-state index in [2.05, 4.69) is 29.5 Å². The number of rotatable bonds is 6. The van der Waals surface area contributed by atoms with Crippen molar-refractivity contribution in [1.29, 1.82) is 0 Å². The fourth-order valence-corrected chi connectivity index (χ4v) is 2.06. The summed E-state index contributed by atoms with van der Waals surface area (Å²) in [5.41, 5.74) is 2.65. The van der Waals surface area contributed by atoms with Crippen LogP contribution in [-0.4, -0.2) is 16.8 Å². The van der Waals surface area contributed by atoms with E-state index >= 15 is 0 Å². The van der Waals surface area contributed by atoms with E-state index in [4.69, 9.17) is 0 Å². The number of pyridine rings is 1. The lowest BCUT2D eigenvalue weighted by atomic mass is 10.0. The zero-order valence-electron chi connectivity index (χ0n) is 13.4. The van der Waals surface area contributed by atoms with Crippen LogP contribution in [0.2, 0.25) is 0 Å². The Balaban J connectivity index is 1.78. The first kappa shape index (κ1) is 16.7. The molecule has 0 atom stereocenters. The number of aromatic nitrogens is 1. The molecule has 5 nitrogen and oxygen atoms in total. The Bertz CT molecular complexity index is 652. The molecule has 0 radical (unpaired) electrons. The molecule has 0 unspecified atom stereocenters. The summed E-state index contributed by atoms with van der Waals surface area (Å²) in [6, 6.07) is 13.1. The first-order valence-electron chi connectivity index (χ1n) is 7.61. The summed E-state index contributed by atoms with van der Waals surface area (Å²) < 4.78 is 0. The molecular weight excluding hydrogens is 290 g/mol. The maximum atomic E-state index is 11.9. The van der Waals surface area contributed by atoms with Crippen LogP contribution >= 0.6 is 0 Å². The number of hydrogen-bond acceptors (Lipinski definition) is 3. The molecule has 0 spiro atoms. The number of amides is 2. The predicted molar refractivity (Wildman–Crippen MR) is 89.9 cm³/mol. The number of nitrogens with one attached hydrogen (secondary N) is 2. The molecular formula is C18H21N3O2. The number of benzene rings is 1. The summed E-state index contributed by atoms with van der Waals surface area (Å²) in [5, 5.41) is 5.40. The Morgan fingerprint density at radius 3 is 2.39 bits per heavy atom. The van der Waals surface area contributed by atoms with E-state index in [1.807, 2.05) is 42.5 Å². The number of hydrogen-bond donors (Lipinski definition) is 2. The molecule has 1 aromatic carbocycles. The van der Waals surface area contributed by atoms with Crippen molar-refractivity contribution in [3.8, 4) is 0 Å². The van der Waals surface area contributed by atoms with Crippen LogP contribution in [0.25, 0.3) is 0 Å². The van der Waals surface area contributed by atoms with Gasteiger partial charge in [0.25, 0.3) is 0 Å². The van der Waals surface area contributed by atoms with Gasteiger partial charge in [-0.1, -0.05) is 32.0 Å². The summed E-state index contributed by atoms with van der Waals surface area (Å²) >= 11 is 0. The average Bonchev–Trinajstić information content (AvgIpc) is 2.54. The van der Waals surface area contributed by atoms with Gasteiger partial charge >= 0.3 is 0 Å². The van der Waals surface area contributed by atoms with E-state index in [1.165, 1.54) is 5.56 Å². The molecule has 0 saturated heterocycles. The van der Waals surface area contributed by atoms with E-state index in [0.717, 1.165) is 5.69 Å². The smallest absolute Gasteiger partial charge is 0.233 e. The van der Waals surface area contributed by atoms with Crippen molar-refractivity contribution in [2.45, 2.75) is 32.7 Å². The van der Waals surface area contributed by atoms with Crippen molar-refractivity contribution in [2.75, 3.05) is 5.32 Å². The van der Waals surface area contributed by atoms with Gasteiger partial charge in [0.15, 0.2) is 0 Å². The molecule has 2 rings (SSSR count). The molecule has 5 heteroatoms. The van der Waals surface area contributed by atoms with Crippen molar-refractivity contribution in [3.63, 3.8) is 0 Å². The lowest BCUT2D eigenvalue weighted by Crippen LogP contribution is -2.28. The quantitative estimate of drug-likeness (QED) is 0.806. The minimum Gasteiger partial charge on any atom is -0.350 e. The van der Waals surface area contributed by atoms with E-state index < -0.39 is 0 Å². The molecule has 2 aromatic rings. The second-order valence-corrected chi connectivity index (χ2v) is 5.60. The number of anilines is 1. The van der Waals surface area contributed by atoms with Crippen molar-refractivity contribution < 1.29 is 9.59 Å². The first-order chi connectivity index (χ1) is 11.0. The maximum absolute atomic E-state index is 11.9. The minimum atomic E-state index is -0.333. The topological polar surface area (TPSA) is 71.1 Å². The van der Waals surface area contributed by atoms with Gasteiger partial charge in [0.05, 0.1) is 12.2 Å². The van der Waals surface area contributed by atoms with Gasteiger partial charge in [0.1, 0.15) is 6.42 Å². The minimum absolute atomic E-state index is 0.210. The molecule has 0 saturated carbocycles. The zero-order chi connectivity index (χ0) is 16.7. The average molecular weight is 311 g/mol. The SMILES string of the molecule is CC(C)c1ccc(NC(=O)CC(=O)NCc2ccccn2)cc1. The molecule has 120 valence electrons. The second-order valence-electron chi connectivity index (χ2n) is 5.60. The number of nitrogens with zero attached hydrogens (tertiary/aromatic N) is 1. The first-order valence-corrected chi connectivity index (χ1v) is 7.61. The molecule has 23 heavy (non-hydrogen) atoms. The van der Waals surface area contributed by atoms with Crippen LogP contribution in [0.5, 0.6) is 0 Å². The van der Waals surface area contributed by atoms with Crippen LogP contribution in [0.1, 0.15) is 37.4 Å². The van der Waals surface area contributed by atoms with Gasteiger partial charge in [-0.15, -0.1) is 0 Å². The largest absolute Gasteiger partial charge is 0.350 e. The lowest BCUT2D eigenvalue weighted by molar-refractivity contribution is -0.126. The summed E-state index contributed by atoms with van der Waals surface area (Å²) in [6.07, 6.45) is 1.45. The summed E-state index contributed by atoms with van der Waals surface area (Å²) in [7, 11) is 0. The fraction of sp³-hybridized carbons (Fsp3) is 0.278. The highest BCUT2D eigenvalue weighted by molar-refractivity contribution is 6.03. The molecule has 1 aromatic heterocycles. The van der Waals surface area contributed by atoms with Crippen LogP contribution in [0.15, 0.2) is 48.7 Å². The summed E-state index contributed by atoms with van der Waals surface area (Å²) in [5.74, 6) is -0.218. The number of carbonyl (C=O) groups excluding carboxylic acids is 2.